The molecule has 1 aliphatic heterocycles. The first-order chi connectivity index (χ1) is 12.2. The van der Waals surface area contributed by atoms with Gasteiger partial charge in [0.2, 0.25) is 5.91 Å². The zero-order valence-electron chi connectivity index (χ0n) is 15.3. The minimum Gasteiger partial charge on any atom is -0.494 e. The maximum absolute atomic E-state index is 11.6. The summed E-state index contributed by atoms with van der Waals surface area (Å²) in [5.74, 6) is 1.10. The van der Waals surface area contributed by atoms with Crippen LogP contribution in [0, 0.1) is 0 Å². The van der Waals surface area contributed by atoms with E-state index in [0.29, 0.717) is 25.7 Å². The van der Waals surface area contributed by atoms with Crippen molar-refractivity contribution < 1.29 is 19.0 Å². The van der Waals surface area contributed by atoms with Crippen LogP contribution in [0.25, 0.3) is 0 Å². The van der Waals surface area contributed by atoms with Crippen molar-refractivity contribution in [2.45, 2.75) is 31.8 Å². The Morgan fingerprint density at radius 2 is 2.08 bits per heavy atom. The van der Waals surface area contributed by atoms with Crippen LogP contribution in [0.4, 0.5) is 0 Å². The first-order valence-corrected chi connectivity index (χ1v) is 9.05. The summed E-state index contributed by atoms with van der Waals surface area (Å²) in [4.78, 5) is 11.6. The molecule has 1 amide bonds. The molecule has 0 bridgehead atoms. The minimum atomic E-state index is -0.0633. The molecule has 1 aromatic carbocycles. The number of nitrogens with one attached hydrogen (secondary N) is 2. The Labute approximate surface area is 150 Å². The van der Waals surface area contributed by atoms with Crippen molar-refractivity contribution in [3.8, 4) is 5.75 Å². The molecule has 1 unspecified atom stereocenters. The summed E-state index contributed by atoms with van der Waals surface area (Å²) in [6, 6.07) is 8.21. The quantitative estimate of drug-likeness (QED) is 0.629. The Balaban J connectivity index is 1.89. The van der Waals surface area contributed by atoms with E-state index in [1.54, 1.807) is 7.11 Å². The van der Waals surface area contributed by atoms with Crippen LogP contribution in [0.1, 0.15) is 31.2 Å². The third-order valence-electron chi connectivity index (χ3n) is 4.30. The van der Waals surface area contributed by atoms with E-state index >= 15 is 0 Å². The lowest BCUT2D eigenvalue weighted by molar-refractivity contribution is -0.128. The third kappa shape index (κ3) is 6.65. The topological polar surface area (TPSA) is 68.8 Å². The molecule has 1 heterocycles. The van der Waals surface area contributed by atoms with Crippen molar-refractivity contribution in [2.75, 3.05) is 46.6 Å². The third-order valence-corrected chi connectivity index (χ3v) is 4.30. The predicted octanol–water partition coefficient (Wildman–Crippen LogP) is 1.70. The molecular weight excluding hydrogens is 320 g/mol. The number of likely N-dealkylation sites (N-methyl/N-ethyl adjacent to an activating group) is 1. The second kappa shape index (κ2) is 11.1. The fourth-order valence-corrected chi connectivity index (χ4v) is 3.02. The summed E-state index contributed by atoms with van der Waals surface area (Å²) in [6.07, 6.45) is 1.88. The van der Waals surface area contributed by atoms with Gasteiger partial charge in [-0.1, -0.05) is 12.1 Å². The van der Waals surface area contributed by atoms with Gasteiger partial charge in [0.15, 0.2) is 0 Å². The molecule has 2 rings (SSSR count). The molecular formula is C19H30N2O4. The van der Waals surface area contributed by atoms with Crippen molar-refractivity contribution in [1.29, 1.82) is 0 Å². The number of carbonyl (C=O) groups is 1. The van der Waals surface area contributed by atoms with Crippen molar-refractivity contribution in [1.82, 2.24) is 10.6 Å². The van der Waals surface area contributed by atoms with E-state index in [-0.39, 0.29) is 18.6 Å². The highest BCUT2D eigenvalue weighted by Gasteiger charge is 2.27. The van der Waals surface area contributed by atoms with Gasteiger partial charge in [-0.05, 0) is 37.6 Å². The summed E-state index contributed by atoms with van der Waals surface area (Å²) in [5, 5.41) is 6.11. The van der Waals surface area contributed by atoms with E-state index in [1.165, 1.54) is 5.56 Å². The van der Waals surface area contributed by atoms with Crippen LogP contribution in [-0.2, 0) is 14.3 Å². The summed E-state index contributed by atoms with van der Waals surface area (Å²) in [7, 11) is 1.69. The Morgan fingerprint density at radius 3 is 2.80 bits per heavy atom. The molecule has 0 aliphatic carbocycles. The molecule has 1 saturated heterocycles. The molecule has 1 aromatic rings. The summed E-state index contributed by atoms with van der Waals surface area (Å²) in [5.41, 5.74) is 1.23. The van der Waals surface area contributed by atoms with Gasteiger partial charge in [-0.2, -0.15) is 0 Å². The van der Waals surface area contributed by atoms with Crippen LogP contribution < -0.4 is 15.4 Å². The maximum Gasteiger partial charge on any atom is 0.246 e. The van der Waals surface area contributed by atoms with Gasteiger partial charge in [0.1, 0.15) is 12.4 Å². The van der Waals surface area contributed by atoms with Crippen LogP contribution in [0.5, 0.6) is 5.75 Å². The van der Waals surface area contributed by atoms with E-state index in [9.17, 15) is 4.79 Å². The number of carbonyl (C=O) groups excluding carboxylic acids is 1. The lowest BCUT2D eigenvalue weighted by atomic mass is 9.88. The molecule has 6 nitrogen and oxygen atoms in total. The van der Waals surface area contributed by atoms with E-state index in [2.05, 4.69) is 22.8 Å². The molecule has 2 N–H and O–H groups in total. The van der Waals surface area contributed by atoms with Crippen LogP contribution in [0.2, 0.25) is 0 Å². The van der Waals surface area contributed by atoms with Crippen molar-refractivity contribution in [2.24, 2.45) is 0 Å². The number of methoxy groups -OCH3 is 1. The largest absolute Gasteiger partial charge is 0.494 e. The monoisotopic (exact) mass is 350 g/mol. The zero-order valence-corrected chi connectivity index (χ0v) is 15.3. The number of benzene rings is 1. The average Bonchev–Trinajstić information content (AvgIpc) is 2.65. The number of hydrogen-bond acceptors (Lipinski definition) is 5. The summed E-state index contributed by atoms with van der Waals surface area (Å²) in [6.45, 7) is 5.72. The molecule has 0 spiro atoms. The smallest absolute Gasteiger partial charge is 0.246 e. The SMILES string of the molecule is CCNC(=O)CO[C@@H]1CNCCC1c1ccc(OCCCOC)cc1. The Hall–Kier alpha value is -1.63. The molecule has 1 aliphatic rings. The standard InChI is InChI=1S/C19H30N2O4/c1-3-21-19(22)14-25-18-13-20-10-9-17(18)15-5-7-16(8-6-15)24-12-4-11-23-2/h5-8,17-18,20H,3-4,9-14H2,1-2H3,(H,21,22)/t17?,18-/m1/s1. The van der Waals surface area contributed by atoms with Gasteiger partial charge in [0.05, 0.1) is 12.7 Å². The predicted molar refractivity (Wildman–Crippen MR) is 97.1 cm³/mol. The number of piperidine rings is 1. The van der Waals surface area contributed by atoms with E-state index in [0.717, 1.165) is 31.7 Å². The van der Waals surface area contributed by atoms with Crippen LogP contribution >= 0.6 is 0 Å². The highest BCUT2D eigenvalue weighted by molar-refractivity contribution is 5.77. The highest BCUT2D eigenvalue weighted by atomic mass is 16.5. The molecule has 0 aromatic heterocycles. The molecule has 0 saturated carbocycles. The second-order valence-corrected chi connectivity index (χ2v) is 6.17. The Kier molecular flexibility index (Phi) is 8.72. The number of amides is 1. The number of rotatable bonds is 10. The van der Waals surface area contributed by atoms with Crippen molar-refractivity contribution in [3.05, 3.63) is 29.8 Å². The lowest BCUT2D eigenvalue weighted by Gasteiger charge is -2.32. The molecule has 6 heteroatoms. The average molecular weight is 350 g/mol. The normalized spacial score (nSPS) is 20.2. The van der Waals surface area contributed by atoms with Crippen molar-refractivity contribution in [3.63, 3.8) is 0 Å². The molecule has 25 heavy (non-hydrogen) atoms. The molecule has 2 atom stereocenters. The molecule has 0 radical (unpaired) electrons. The van der Waals surface area contributed by atoms with Gasteiger partial charge >= 0.3 is 0 Å². The first kappa shape index (κ1) is 19.7. The van der Waals surface area contributed by atoms with Crippen LogP contribution in [0.3, 0.4) is 0 Å². The van der Waals surface area contributed by atoms with Gasteiger partial charge in [0, 0.05) is 39.1 Å². The number of hydrogen-bond donors (Lipinski definition) is 2. The molecule has 140 valence electrons. The summed E-state index contributed by atoms with van der Waals surface area (Å²) >= 11 is 0. The van der Waals surface area contributed by atoms with Gasteiger partial charge in [-0.3, -0.25) is 4.79 Å². The minimum absolute atomic E-state index is 0.00447. The second-order valence-electron chi connectivity index (χ2n) is 6.17. The van der Waals surface area contributed by atoms with Crippen molar-refractivity contribution >= 4 is 5.91 Å². The Morgan fingerprint density at radius 1 is 1.28 bits per heavy atom. The highest BCUT2D eigenvalue weighted by Crippen LogP contribution is 2.29. The van der Waals surface area contributed by atoms with E-state index < -0.39 is 0 Å². The summed E-state index contributed by atoms with van der Waals surface area (Å²) < 4.78 is 16.6. The maximum atomic E-state index is 11.6. The fourth-order valence-electron chi connectivity index (χ4n) is 3.02. The van der Waals surface area contributed by atoms with Gasteiger partial charge in [0.25, 0.3) is 0 Å². The fraction of sp³-hybridized carbons (Fsp3) is 0.632. The lowest BCUT2D eigenvalue weighted by Crippen LogP contribution is -2.42. The zero-order chi connectivity index (χ0) is 17.9. The molecule has 1 fully saturated rings. The van der Waals surface area contributed by atoms with Gasteiger partial charge in [-0.25, -0.2) is 0 Å². The van der Waals surface area contributed by atoms with E-state index in [4.69, 9.17) is 14.2 Å². The Bertz CT molecular complexity index is 507. The van der Waals surface area contributed by atoms with E-state index in [1.807, 2.05) is 19.1 Å². The van der Waals surface area contributed by atoms with Crippen LogP contribution in [0.15, 0.2) is 24.3 Å². The number of ether oxygens (including phenoxy) is 3. The van der Waals surface area contributed by atoms with Crippen LogP contribution in [-0.4, -0.2) is 58.6 Å². The van der Waals surface area contributed by atoms with Gasteiger partial charge < -0.3 is 24.8 Å². The first-order valence-electron chi connectivity index (χ1n) is 9.05. The van der Waals surface area contributed by atoms with Gasteiger partial charge in [-0.15, -0.1) is 0 Å².